The van der Waals surface area contributed by atoms with Gasteiger partial charge in [-0.1, -0.05) is 35.9 Å². The fourth-order valence-corrected chi connectivity index (χ4v) is 2.01. The summed E-state index contributed by atoms with van der Waals surface area (Å²) < 4.78 is 25.9. The van der Waals surface area contributed by atoms with Gasteiger partial charge in [-0.05, 0) is 37.2 Å². The van der Waals surface area contributed by atoms with Crippen molar-refractivity contribution in [3.05, 3.63) is 70.8 Å². The number of benzene rings is 2. The lowest BCUT2D eigenvalue weighted by Gasteiger charge is -2.17. The Morgan fingerprint density at radius 1 is 0.842 bits per heavy atom. The predicted molar refractivity (Wildman–Crippen MR) is 72.7 cm³/mol. The van der Waals surface area contributed by atoms with Gasteiger partial charge in [0.15, 0.2) is 11.6 Å². The van der Waals surface area contributed by atoms with Gasteiger partial charge in [0.2, 0.25) is 0 Å². The number of nitrogens with zero attached hydrogens (tertiary/aromatic N) is 1. The molecule has 0 aliphatic heterocycles. The first-order valence-electron chi connectivity index (χ1n) is 6.22. The van der Waals surface area contributed by atoms with Gasteiger partial charge in [0.05, 0.1) is 0 Å². The van der Waals surface area contributed by atoms with Crippen LogP contribution in [0.5, 0.6) is 0 Å². The van der Waals surface area contributed by atoms with Gasteiger partial charge in [-0.15, -0.1) is 0 Å². The fourth-order valence-electron chi connectivity index (χ4n) is 2.01. The molecule has 1 nitrogen and oxygen atoms in total. The van der Waals surface area contributed by atoms with Crippen LogP contribution in [0, 0.1) is 18.6 Å². The highest BCUT2D eigenvalue weighted by atomic mass is 19.2. The standard InChI is InChI=1S/C16H17F2N/c1-12-3-5-13(6-4-12)10-19(2)11-14-7-8-15(17)16(18)9-14/h3-9H,10-11H2,1-2H3. The topological polar surface area (TPSA) is 3.24 Å². The van der Waals surface area contributed by atoms with E-state index in [4.69, 9.17) is 0 Å². The van der Waals surface area contributed by atoms with Crippen LogP contribution in [0.3, 0.4) is 0 Å². The molecule has 0 aromatic heterocycles. The molecule has 0 aliphatic rings. The van der Waals surface area contributed by atoms with E-state index < -0.39 is 11.6 Å². The minimum Gasteiger partial charge on any atom is -0.298 e. The van der Waals surface area contributed by atoms with Crippen molar-refractivity contribution in [2.24, 2.45) is 0 Å². The molecule has 0 amide bonds. The number of hydrogen-bond acceptors (Lipinski definition) is 1. The molecule has 2 aromatic rings. The molecule has 0 saturated heterocycles. The van der Waals surface area contributed by atoms with Crippen LogP contribution in [0.1, 0.15) is 16.7 Å². The molecule has 2 rings (SSSR count). The molecular formula is C16H17F2N. The second kappa shape index (κ2) is 5.93. The molecule has 0 radical (unpaired) electrons. The van der Waals surface area contributed by atoms with E-state index in [-0.39, 0.29) is 0 Å². The third-order valence-electron chi connectivity index (χ3n) is 3.01. The molecule has 3 heteroatoms. The Morgan fingerprint density at radius 3 is 2.05 bits per heavy atom. The van der Waals surface area contributed by atoms with Crippen molar-refractivity contribution in [3.63, 3.8) is 0 Å². The summed E-state index contributed by atoms with van der Waals surface area (Å²) in [6, 6.07) is 12.3. The fraction of sp³-hybridized carbons (Fsp3) is 0.250. The highest BCUT2D eigenvalue weighted by Gasteiger charge is 2.05. The Morgan fingerprint density at radius 2 is 1.42 bits per heavy atom. The molecule has 0 N–H and O–H groups in total. The van der Waals surface area contributed by atoms with Gasteiger partial charge in [0.25, 0.3) is 0 Å². The molecule has 2 aromatic carbocycles. The Balaban J connectivity index is 1.98. The van der Waals surface area contributed by atoms with Crippen LogP contribution in [0.25, 0.3) is 0 Å². The molecule has 0 bridgehead atoms. The van der Waals surface area contributed by atoms with Gasteiger partial charge in [0, 0.05) is 13.1 Å². The summed E-state index contributed by atoms with van der Waals surface area (Å²) in [5.74, 6) is -1.59. The van der Waals surface area contributed by atoms with Crippen molar-refractivity contribution in [3.8, 4) is 0 Å². The Hall–Kier alpha value is -1.74. The molecule has 100 valence electrons. The van der Waals surface area contributed by atoms with Gasteiger partial charge in [-0.3, -0.25) is 4.90 Å². The van der Waals surface area contributed by atoms with Crippen LogP contribution in [-0.4, -0.2) is 11.9 Å². The van der Waals surface area contributed by atoms with Gasteiger partial charge >= 0.3 is 0 Å². The summed E-state index contributed by atoms with van der Waals surface area (Å²) in [6.45, 7) is 3.42. The van der Waals surface area contributed by atoms with Crippen molar-refractivity contribution >= 4 is 0 Å². The maximum absolute atomic E-state index is 13.1. The van der Waals surface area contributed by atoms with Gasteiger partial charge < -0.3 is 0 Å². The van der Waals surface area contributed by atoms with Gasteiger partial charge in [-0.2, -0.15) is 0 Å². The van der Waals surface area contributed by atoms with Gasteiger partial charge in [0.1, 0.15) is 0 Å². The maximum Gasteiger partial charge on any atom is 0.159 e. The number of halogens is 2. The summed E-state index contributed by atoms with van der Waals surface area (Å²) in [5, 5.41) is 0. The second-order valence-electron chi connectivity index (χ2n) is 4.91. The first-order chi connectivity index (χ1) is 9.04. The largest absolute Gasteiger partial charge is 0.298 e. The van der Waals surface area contributed by atoms with E-state index in [0.29, 0.717) is 6.54 Å². The SMILES string of the molecule is Cc1ccc(CN(C)Cc2ccc(F)c(F)c2)cc1. The lowest BCUT2D eigenvalue weighted by molar-refractivity contribution is 0.318. The zero-order valence-corrected chi connectivity index (χ0v) is 11.2. The summed E-state index contributed by atoms with van der Waals surface area (Å²) in [7, 11) is 1.96. The summed E-state index contributed by atoms with van der Waals surface area (Å²) in [4.78, 5) is 2.07. The van der Waals surface area contributed by atoms with Crippen LogP contribution in [0.4, 0.5) is 8.78 Å². The molecule has 0 unspecified atom stereocenters. The first-order valence-corrected chi connectivity index (χ1v) is 6.22. The van der Waals surface area contributed by atoms with E-state index in [9.17, 15) is 8.78 Å². The van der Waals surface area contributed by atoms with E-state index in [0.717, 1.165) is 12.1 Å². The zero-order chi connectivity index (χ0) is 13.8. The molecule has 0 saturated carbocycles. The molecule has 0 fully saturated rings. The van der Waals surface area contributed by atoms with Crippen LogP contribution in [0.15, 0.2) is 42.5 Å². The van der Waals surface area contributed by atoms with Crippen molar-refractivity contribution in [1.29, 1.82) is 0 Å². The number of aryl methyl sites for hydroxylation is 1. The lowest BCUT2D eigenvalue weighted by Crippen LogP contribution is -2.17. The highest BCUT2D eigenvalue weighted by molar-refractivity contribution is 5.22. The summed E-state index contributed by atoms with van der Waals surface area (Å²) >= 11 is 0. The minimum absolute atomic E-state index is 0.588. The quantitative estimate of drug-likeness (QED) is 0.806. The van der Waals surface area contributed by atoms with Crippen LogP contribution in [-0.2, 0) is 13.1 Å². The van der Waals surface area contributed by atoms with E-state index >= 15 is 0 Å². The third kappa shape index (κ3) is 3.86. The van der Waals surface area contributed by atoms with Crippen LogP contribution in [0.2, 0.25) is 0 Å². The van der Waals surface area contributed by atoms with Crippen molar-refractivity contribution in [2.75, 3.05) is 7.05 Å². The first kappa shape index (κ1) is 13.7. The zero-order valence-electron chi connectivity index (χ0n) is 11.2. The Kier molecular flexibility index (Phi) is 4.27. The van der Waals surface area contributed by atoms with Crippen LogP contribution < -0.4 is 0 Å². The predicted octanol–water partition coefficient (Wildman–Crippen LogP) is 3.91. The molecule has 19 heavy (non-hydrogen) atoms. The molecular weight excluding hydrogens is 244 g/mol. The Bertz CT molecular complexity index is 549. The van der Waals surface area contributed by atoms with Crippen molar-refractivity contribution < 1.29 is 8.78 Å². The molecule has 0 aliphatic carbocycles. The maximum atomic E-state index is 13.1. The van der Waals surface area contributed by atoms with E-state index in [1.807, 2.05) is 7.05 Å². The molecule has 0 spiro atoms. The summed E-state index contributed by atoms with van der Waals surface area (Å²) in [5.41, 5.74) is 3.20. The average molecular weight is 261 g/mol. The number of hydrogen-bond donors (Lipinski definition) is 0. The normalized spacial score (nSPS) is 11.0. The summed E-state index contributed by atoms with van der Waals surface area (Å²) in [6.07, 6.45) is 0. The molecule has 0 heterocycles. The van der Waals surface area contributed by atoms with E-state index in [2.05, 4.69) is 36.1 Å². The highest BCUT2D eigenvalue weighted by Crippen LogP contribution is 2.12. The van der Waals surface area contributed by atoms with Crippen molar-refractivity contribution in [2.45, 2.75) is 20.0 Å². The number of rotatable bonds is 4. The average Bonchev–Trinajstić information content (AvgIpc) is 2.37. The van der Waals surface area contributed by atoms with Crippen molar-refractivity contribution in [1.82, 2.24) is 4.90 Å². The van der Waals surface area contributed by atoms with Crippen LogP contribution >= 0.6 is 0 Å². The minimum atomic E-state index is -0.801. The van der Waals surface area contributed by atoms with E-state index in [1.165, 1.54) is 23.3 Å². The second-order valence-corrected chi connectivity index (χ2v) is 4.91. The molecule has 0 atom stereocenters. The Labute approximate surface area is 112 Å². The monoisotopic (exact) mass is 261 g/mol. The lowest BCUT2D eigenvalue weighted by atomic mass is 10.1. The smallest absolute Gasteiger partial charge is 0.159 e. The third-order valence-corrected chi connectivity index (χ3v) is 3.01. The van der Waals surface area contributed by atoms with Gasteiger partial charge in [-0.25, -0.2) is 8.78 Å². The van der Waals surface area contributed by atoms with E-state index in [1.54, 1.807) is 6.07 Å².